The SMILES string of the molecule is CCN=P(N=P(N=[P+](Oc1ccccc1)Oc1cc(O)cc(O)c1)(Oc1ccccc1)Oc1ccccc1)(Oc1ccccc1)C(C)Oc1ccccc1. The second-order valence-corrected chi connectivity index (χ2v) is 17.4. The summed E-state index contributed by atoms with van der Waals surface area (Å²) in [5, 5.41) is 20.7. The Bertz CT molecular complexity index is 2170. The predicted molar refractivity (Wildman–Crippen MR) is 214 cm³/mol. The van der Waals surface area contributed by atoms with E-state index < -0.39 is 29.1 Å². The zero-order valence-electron chi connectivity index (χ0n) is 29.5. The van der Waals surface area contributed by atoms with Gasteiger partial charge in [-0.1, -0.05) is 91.0 Å². The maximum absolute atomic E-state index is 10.3. The van der Waals surface area contributed by atoms with E-state index in [1.165, 1.54) is 18.2 Å². The van der Waals surface area contributed by atoms with Crippen molar-refractivity contribution in [3.05, 3.63) is 170 Å². The van der Waals surface area contributed by atoms with Gasteiger partial charge in [0, 0.05) is 24.7 Å². The largest absolute Gasteiger partial charge is 0.679 e. The highest BCUT2D eigenvalue weighted by Crippen LogP contribution is 2.69. The molecule has 0 bridgehead atoms. The Morgan fingerprint density at radius 3 is 1.41 bits per heavy atom. The van der Waals surface area contributed by atoms with Crippen LogP contribution < -0.4 is 27.4 Å². The number of nitrogens with zero attached hydrogens (tertiary/aromatic N) is 3. The molecule has 0 aromatic heterocycles. The van der Waals surface area contributed by atoms with Crippen LogP contribution >= 0.6 is 23.3 Å². The second-order valence-electron chi connectivity index (χ2n) is 11.4. The molecule has 0 heterocycles. The third kappa shape index (κ3) is 10.7. The first-order valence-corrected chi connectivity index (χ1v) is 21.3. The third-order valence-electron chi connectivity index (χ3n) is 7.20. The molecule has 0 spiro atoms. The van der Waals surface area contributed by atoms with Gasteiger partial charge >= 0.3 is 15.8 Å². The molecule has 0 saturated carbocycles. The van der Waals surface area contributed by atoms with Crippen molar-refractivity contribution >= 4 is 23.3 Å². The molecule has 0 amide bonds. The molecule has 0 radical (unpaired) electrons. The molecular formula is C40H39N3O8P3+. The molecule has 0 aliphatic heterocycles. The van der Waals surface area contributed by atoms with Gasteiger partial charge in [-0.3, -0.25) is 0 Å². The lowest BCUT2D eigenvalue weighted by Crippen LogP contribution is -2.16. The minimum atomic E-state index is -4.09. The molecule has 3 atom stereocenters. The quantitative estimate of drug-likeness (QED) is 0.0927. The Morgan fingerprint density at radius 1 is 0.537 bits per heavy atom. The molecule has 276 valence electrons. The molecule has 11 nitrogen and oxygen atoms in total. The first kappa shape index (κ1) is 38.0. The molecule has 6 aromatic rings. The van der Waals surface area contributed by atoms with Crippen LogP contribution in [0.15, 0.2) is 184 Å². The summed E-state index contributed by atoms with van der Waals surface area (Å²) in [7, 11) is -10.1. The van der Waals surface area contributed by atoms with E-state index in [2.05, 4.69) is 0 Å². The molecule has 14 heteroatoms. The van der Waals surface area contributed by atoms with Gasteiger partial charge in [0.1, 0.15) is 34.5 Å². The first-order valence-electron chi connectivity index (χ1n) is 17.0. The van der Waals surface area contributed by atoms with Crippen LogP contribution in [0.3, 0.4) is 0 Å². The second kappa shape index (κ2) is 18.4. The van der Waals surface area contributed by atoms with Gasteiger partial charge in [0.05, 0.1) is 4.52 Å². The Labute approximate surface area is 315 Å². The van der Waals surface area contributed by atoms with Gasteiger partial charge in [0.25, 0.3) is 7.43 Å². The Morgan fingerprint density at radius 2 is 0.944 bits per heavy atom. The lowest BCUT2D eigenvalue weighted by molar-refractivity contribution is 0.287. The Balaban J connectivity index is 1.66. The average molecular weight is 783 g/mol. The van der Waals surface area contributed by atoms with Crippen LogP contribution in [0.1, 0.15) is 13.8 Å². The highest BCUT2D eigenvalue weighted by atomic mass is 31.2. The molecule has 2 N–H and O–H groups in total. The van der Waals surface area contributed by atoms with E-state index in [9.17, 15) is 10.2 Å². The molecule has 0 saturated heterocycles. The molecule has 0 aliphatic carbocycles. The molecule has 6 aromatic carbocycles. The third-order valence-corrected chi connectivity index (χ3v) is 14.5. The van der Waals surface area contributed by atoms with E-state index in [0.29, 0.717) is 35.3 Å². The number of aromatic hydroxyl groups is 2. The highest BCUT2D eigenvalue weighted by molar-refractivity contribution is 7.72. The molecule has 54 heavy (non-hydrogen) atoms. The van der Waals surface area contributed by atoms with E-state index in [-0.39, 0.29) is 17.2 Å². The van der Waals surface area contributed by atoms with Crippen LogP contribution in [0.25, 0.3) is 0 Å². The van der Waals surface area contributed by atoms with Gasteiger partial charge < -0.3 is 28.5 Å². The van der Waals surface area contributed by atoms with E-state index in [4.69, 9.17) is 41.1 Å². The minimum absolute atomic E-state index is 0.0800. The van der Waals surface area contributed by atoms with Gasteiger partial charge in [0.2, 0.25) is 0 Å². The summed E-state index contributed by atoms with van der Waals surface area (Å²) in [4.78, 5) is 0. The summed E-state index contributed by atoms with van der Waals surface area (Å²) in [5.74, 6) is 1.16. The van der Waals surface area contributed by atoms with Gasteiger partial charge in [0.15, 0.2) is 17.3 Å². The summed E-state index contributed by atoms with van der Waals surface area (Å²) < 4.78 is 55.5. The topological polar surface area (TPSA) is 133 Å². The summed E-state index contributed by atoms with van der Waals surface area (Å²) >= 11 is 0. The molecule has 0 aliphatic rings. The monoisotopic (exact) mass is 782 g/mol. The summed E-state index contributed by atoms with van der Waals surface area (Å²) in [6.45, 7) is 4.04. The molecule has 0 fully saturated rings. The number of hydrogen-bond donors (Lipinski definition) is 2. The first-order chi connectivity index (χ1) is 26.3. The fraction of sp³-hybridized carbons (Fsp3) is 0.100. The van der Waals surface area contributed by atoms with E-state index in [0.717, 1.165) is 0 Å². The minimum Gasteiger partial charge on any atom is -0.508 e. The van der Waals surface area contributed by atoms with Crippen molar-refractivity contribution in [2.45, 2.75) is 19.7 Å². The Kier molecular flexibility index (Phi) is 12.9. The Hall–Kier alpha value is -5.72. The maximum Gasteiger partial charge on any atom is 0.679 e. The maximum atomic E-state index is 10.3. The van der Waals surface area contributed by atoms with Gasteiger partial charge in [-0.15, -0.1) is 4.52 Å². The van der Waals surface area contributed by atoms with Crippen LogP contribution in [0.2, 0.25) is 0 Å². The predicted octanol–water partition coefficient (Wildman–Crippen LogP) is 12.7. The van der Waals surface area contributed by atoms with Crippen molar-refractivity contribution in [2.24, 2.45) is 13.8 Å². The van der Waals surface area contributed by atoms with E-state index in [1.54, 1.807) is 36.4 Å². The van der Waals surface area contributed by atoms with Crippen molar-refractivity contribution in [2.75, 3.05) is 6.54 Å². The lowest BCUT2D eigenvalue weighted by atomic mass is 10.3. The summed E-state index contributed by atoms with van der Waals surface area (Å²) in [6, 6.07) is 49.5. The lowest BCUT2D eigenvalue weighted by Gasteiger charge is -2.29. The van der Waals surface area contributed by atoms with Crippen molar-refractivity contribution in [1.82, 2.24) is 0 Å². The van der Waals surface area contributed by atoms with Gasteiger partial charge in [-0.25, -0.2) is 13.8 Å². The zero-order chi connectivity index (χ0) is 37.6. The van der Waals surface area contributed by atoms with Crippen molar-refractivity contribution in [3.8, 4) is 46.0 Å². The van der Waals surface area contributed by atoms with Crippen molar-refractivity contribution in [1.29, 1.82) is 0 Å². The smallest absolute Gasteiger partial charge is 0.508 e. The van der Waals surface area contributed by atoms with Crippen LogP contribution in [0.4, 0.5) is 0 Å². The number of hydrogen-bond acceptors (Lipinski definition) is 9. The van der Waals surface area contributed by atoms with Crippen molar-refractivity contribution < 1.29 is 37.6 Å². The highest BCUT2D eigenvalue weighted by Gasteiger charge is 2.44. The van der Waals surface area contributed by atoms with Crippen LogP contribution in [0, 0.1) is 0 Å². The number of para-hydroxylation sites is 5. The number of phenols is 2. The number of benzene rings is 6. The fourth-order valence-electron chi connectivity index (χ4n) is 4.88. The summed E-state index contributed by atoms with van der Waals surface area (Å²) in [5.41, 5.74) is 0. The molecular weight excluding hydrogens is 743 g/mol. The van der Waals surface area contributed by atoms with E-state index >= 15 is 0 Å². The van der Waals surface area contributed by atoms with Gasteiger partial charge in [-0.2, -0.15) is 0 Å². The van der Waals surface area contributed by atoms with Crippen LogP contribution in [-0.4, -0.2) is 22.6 Å². The number of ether oxygens (including phenoxy) is 1. The normalized spacial score (nSPS) is 13.0. The molecule has 6 rings (SSSR count). The fourth-order valence-corrected chi connectivity index (χ4v) is 12.2. The number of phenolic OH excluding ortho intramolecular Hbond substituents is 2. The van der Waals surface area contributed by atoms with Gasteiger partial charge in [-0.05, 0) is 74.5 Å². The van der Waals surface area contributed by atoms with Crippen LogP contribution in [-0.2, 0) is 0 Å². The number of rotatable bonds is 16. The average Bonchev–Trinajstić information content (AvgIpc) is 3.16. The summed E-state index contributed by atoms with van der Waals surface area (Å²) in [6.07, 6.45) is 0. The van der Waals surface area contributed by atoms with Crippen molar-refractivity contribution in [3.63, 3.8) is 0 Å². The zero-order valence-corrected chi connectivity index (χ0v) is 32.2. The molecule has 3 unspecified atom stereocenters. The van der Waals surface area contributed by atoms with E-state index in [1.807, 2.05) is 129 Å². The standard InChI is InChI=1S/C40H38N3O8P3/c1-3-41-53(49-37-23-13-6-14-24-37,32(2)46-35-19-9-4-10-20-35)43-54(50-38-25-15-7-16-26-38,51-39-27-17-8-18-28-39)42-52(47-36-21-11-5-12-22-36)48-40-30-33(44)29-34(45)31-40/h4-32H,3H2,1-2H3,(H-,44,45)/p+1. The van der Waals surface area contributed by atoms with Crippen LogP contribution in [0.5, 0.6) is 46.0 Å².